The summed E-state index contributed by atoms with van der Waals surface area (Å²) in [4.78, 5) is 15.1. The van der Waals surface area contributed by atoms with Crippen LogP contribution in [0, 0.1) is 0 Å². The average molecular weight is 322 g/mol. The molecule has 0 saturated carbocycles. The third kappa shape index (κ3) is 4.60. The van der Waals surface area contributed by atoms with E-state index in [-0.39, 0.29) is 16.4 Å². The lowest BCUT2D eigenvalue weighted by Gasteiger charge is -2.05. The van der Waals surface area contributed by atoms with Crippen molar-refractivity contribution in [3.8, 4) is 0 Å². The topological polar surface area (TPSA) is 85.4 Å². The molecule has 6 nitrogen and oxygen atoms in total. The summed E-state index contributed by atoms with van der Waals surface area (Å²) in [5.74, 6) is 0.621. The van der Waals surface area contributed by atoms with Crippen molar-refractivity contribution in [2.45, 2.75) is 4.21 Å². The predicted octanol–water partition coefficient (Wildman–Crippen LogP) is 1.13. The predicted molar refractivity (Wildman–Crippen MR) is 76.2 cm³/mol. The average Bonchev–Trinajstić information content (AvgIpc) is 2.87. The molecule has 0 saturated heterocycles. The number of thiazole rings is 1. The van der Waals surface area contributed by atoms with Gasteiger partial charge in [-0.05, 0) is 0 Å². The van der Waals surface area contributed by atoms with E-state index in [1.165, 1.54) is 12.6 Å². The highest BCUT2D eigenvalue weighted by Crippen LogP contribution is 2.20. The lowest BCUT2D eigenvalue weighted by atomic mass is 10.5. The molecule has 0 amide bonds. The van der Waals surface area contributed by atoms with E-state index in [1.807, 2.05) is 0 Å². The molecule has 1 aromatic rings. The van der Waals surface area contributed by atoms with Crippen LogP contribution in [-0.2, 0) is 14.8 Å². The second kappa shape index (κ2) is 7.63. The van der Waals surface area contributed by atoms with Crippen molar-refractivity contribution in [2.75, 3.05) is 25.2 Å². The molecule has 106 valence electrons. The highest BCUT2D eigenvalue weighted by molar-refractivity contribution is 7.99. The second-order valence-electron chi connectivity index (χ2n) is 3.24. The Balaban J connectivity index is 2.70. The van der Waals surface area contributed by atoms with E-state index in [4.69, 9.17) is 0 Å². The standard InChI is InChI=1S/C10H14N2O4S3/c1-3-5-17-6-4-12-19(14,15)10-8(9(13)16-2)11-7-18-10/h3,7,12H,1,4-6H2,2H3. The summed E-state index contributed by atoms with van der Waals surface area (Å²) in [5, 5.41) is 0. The fourth-order valence-corrected chi connectivity index (χ4v) is 4.05. The third-order valence-corrected chi connectivity index (χ3v) is 5.73. The van der Waals surface area contributed by atoms with Gasteiger partial charge in [-0.15, -0.1) is 17.9 Å². The van der Waals surface area contributed by atoms with Crippen LogP contribution < -0.4 is 4.72 Å². The summed E-state index contributed by atoms with van der Waals surface area (Å²) in [7, 11) is -2.55. The van der Waals surface area contributed by atoms with E-state index >= 15 is 0 Å². The Morgan fingerprint density at radius 3 is 3.05 bits per heavy atom. The first-order valence-corrected chi connectivity index (χ1v) is 8.74. The molecule has 0 radical (unpaired) electrons. The third-order valence-electron chi connectivity index (χ3n) is 1.93. The molecule has 0 aliphatic rings. The number of hydrogen-bond donors (Lipinski definition) is 1. The molecule has 19 heavy (non-hydrogen) atoms. The normalized spacial score (nSPS) is 11.2. The van der Waals surface area contributed by atoms with Gasteiger partial charge in [-0.2, -0.15) is 11.8 Å². The van der Waals surface area contributed by atoms with E-state index < -0.39 is 16.0 Å². The summed E-state index contributed by atoms with van der Waals surface area (Å²) in [5.41, 5.74) is 1.12. The monoisotopic (exact) mass is 322 g/mol. The molecule has 0 aromatic carbocycles. The SMILES string of the molecule is C=CCSCCNS(=O)(=O)c1scnc1C(=O)OC. The number of esters is 1. The molecule has 0 spiro atoms. The molecule has 1 rings (SSSR count). The Bertz CT molecular complexity index is 539. The van der Waals surface area contributed by atoms with Crippen LogP contribution >= 0.6 is 23.1 Å². The minimum Gasteiger partial charge on any atom is -0.464 e. The highest BCUT2D eigenvalue weighted by Gasteiger charge is 2.25. The Kier molecular flexibility index (Phi) is 6.49. The summed E-state index contributed by atoms with van der Waals surface area (Å²) in [6, 6.07) is 0. The largest absolute Gasteiger partial charge is 0.464 e. The molecule has 0 fully saturated rings. The van der Waals surface area contributed by atoms with Crippen molar-refractivity contribution in [1.29, 1.82) is 0 Å². The van der Waals surface area contributed by atoms with Crippen LogP contribution in [0.5, 0.6) is 0 Å². The number of carbonyl (C=O) groups is 1. The quantitative estimate of drug-likeness (QED) is 0.439. The minimum absolute atomic E-state index is 0.118. The van der Waals surface area contributed by atoms with Gasteiger partial charge in [-0.3, -0.25) is 0 Å². The molecule has 0 atom stereocenters. The molecule has 1 N–H and O–H groups in total. The van der Waals surface area contributed by atoms with Gasteiger partial charge in [-0.1, -0.05) is 6.08 Å². The maximum absolute atomic E-state index is 12.0. The molecule has 0 bridgehead atoms. The fourth-order valence-electron chi connectivity index (χ4n) is 1.14. The van der Waals surface area contributed by atoms with Crippen LogP contribution in [0.4, 0.5) is 0 Å². The number of ether oxygens (including phenoxy) is 1. The van der Waals surface area contributed by atoms with Gasteiger partial charge in [-0.25, -0.2) is 22.9 Å². The molecule has 1 heterocycles. The van der Waals surface area contributed by atoms with Crippen LogP contribution in [-0.4, -0.2) is 44.5 Å². The molecular weight excluding hydrogens is 308 g/mol. The van der Waals surface area contributed by atoms with Crippen molar-refractivity contribution in [2.24, 2.45) is 0 Å². The van der Waals surface area contributed by atoms with Crippen molar-refractivity contribution in [3.05, 3.63) is 23.9 Å². The van der Waals surface area contributed by atoms with Crippen LogP contribution in [0.2, 0.25) is 0 Å². The first-order chi connectivity index (χ1) is 9.03. The Morgan fingerprint density at radius 2 is 2.42 bits per heavy atom. The number of thioether (sulfide) groups is 1. The summed E-state index contributed by atoms with van der Waals surface area (Å²) < 4.78 is 30.8. The number of hydrogen-bond acceptors (Lipinski definition) is 7. The summed E-state index contributed by atoms with van der Waals surface area (Å²) in [6.07, 6.45) is 1.75. The van der Waals surface area contributed by atoms with E-state index in [9.17, 15) is 13.2 Å². The van der Waals surface area contributed by atoms with Crippen LogP contribution in [0.3, 0.4) is 0 Å². The molecular formula is C10H14N2O4S3. The van der Waals surface area contributed by atoms with Crippen LogP contribution in [0.25, 0.3) is 0 Å². The van der Waals surface area contributed by atoms with Crippen LogP contribution in [0.15, 0.2) is 22.4 Å². The van der Waals surface area contributed by atoms with Gasteiger partial charge in [0.1, 0.15) is 0 Å². The first kappa shape index (κ1) is 16.2. The second-order valence-corrected chi connectivity index (χ2v) is 7.21. The van der Waals surface area contributed by atoms with Gasteiger partial charge < -0.3 is 4.74 Å². The zero-order valence-electron chi connectivity index (χ0n) is 10.3. The zero-order chi connectivity index (χ0) is 14.3. The summed E-state index contributed by atoms with van der Waals surface area (Å²) >= 11 is 2.44. The molecule has 0 aliphatic carbocycles. The summed E-state index contributed by atoms with van der Waals surface area (Å²) in [6.45, 7) is 3.85. The van der Waals surface area contributed by atoms with Gasteiger partial charge in [0.05, 0.1) is 12.6 Å². The van der Waals surface area contributed by atoms with Gasteiger partial charge in [0.25, 0.3) is 10.0 Å². The smallest absolute Gasteiger partial charge is 0.358 e. The first-order valence-electron chi connectivity index (χ1n) is 5.23. The van der Waals surface area contributed by atoms with E-state index in [1.54, 1.807) is 17.8 Å². The minimum atomic E-state index is -3.72. The number of sulfonamides is 1. The maximum atomic E-state index is 12.0. The number of methoxy groups -OCH3 is 1. The number of aromatic nitrogens is 1. The van der Waals surface area contributed by atoms with Crippen LogP contribution in [0.1, 0.15) is 10.5 Å². The Labute approximate surface area is 120 Å². The highest BCUT2D eigenvalue weighted by atomic mass is 32.2. The molecule has 0 aliphatic heterocycles. The Morgan fingerprint density at radius 1 is 1.68 bits per heavy atom. The fraction of sp³-hybridized carbons (Fsp3) is 0.400. The maximum Gasteiger partial charge on any atom is 0.358 e. The molecule has 9 heteroatoms. The van der Waals surface area contributed by atoms with Crippen molar-refractivity contribution >= 4 is 39.1 Å². The van der Waals surface area contributed by atoms with E-state index in [0.717, 1.165) is 17.1 Å². The van der Waals surface area contributed by atoms with Gasteiger partial charge >= 0.3 is 5.97 Å². The number of carbonyl (C=O) groups excluding carboxylic acids is 1. The zero-order valence-corrected chi connectivity index (χ0v) is 12.7. The number of nitrogens with zero attached hydrogens (tertiary/aromatic N) is 1. The van der Waals surface area contributed by atoms with Crippen molar-refractivity contribution in [3.63, 3.8) is 0 Å². The molecule has 1 aromatic heterocycles. The number of rotatable bonds is 8. The van der Waals surface area contributed by atoms with Crippen molar-refractivity contribution < 1.29 is 17.9 Å². The van der Waals surface area contributed by atoms with Gasteiger partial charge in [0, 0.05) is 18.1 Å². The van der Waals surface area contributed by atoms with E-state index in [2.05, 4.69) is 21.0 Å². The van der Waals surface area contributed by atoms with E-state index in [0.29, 0.717) is 5.75 Å². The van der Waals surface area contributed by atoms with Crippen molar-refractivity contribution in [1.82, 2.24) is 9.71 Å². The lowest BCUT2D eigenvalue weighted by molar-refractivity contribution is 0.0590. The Hall–Kier alpha value is -0.900. The number of nitrogens with one attached hydrogen (secondary N) is 1. The molecule has 0 unspecified atom stereocenters. The lowest BCUT2D eigenvalue weighted by Crippen LogP contribution is -2.27. The van der Waals surface area contributed by atoms with Gasteiger partial charge in [0.2, 0.25) is 0 Å². The van der Waals surface area contributed by atoms with Gasteiger partial charge in [0.15, 0.2) is 9.90 Å².